The van der Waals surface area contributed by atoms with Gasteiger partial charge < -0.3 is 0 Å². The molecule has 210 valence electrons. The van der Waals surface area contributed by atoms with Crippen LogP contribution in [0.2, 0.25) is 0 Å². The van der Waals surface area contributed by atoms with Gasteiger partial charge in [-0.05, 0) is 0 Å². The van der Waals surface area contributed by atoms with Gasteiger partial charge in [-0.25, -0.2) is 0 Å². The first-order chi connectivity index (χ1) is 19.8. The molecule has 0 atom stereocenters. The maximum absolute atomic E-state index is 6.65. The van der Waals surface area contributed by atoms with Gasteiger partial charge in [-0.1, -0.05) is 0 Å². The molecule has 0 unspecified atom stereocenters. The summed E-state index contributed by atoms with van der Waals surface area (Å²) in [6.45, 7) is 5.97. The van der Waals surface area contributed by atoms with E-state index in [1.54, 1.807) is 36.4 Å². The Morgan fingerprint density at radius 1 is 0.610 bits per heavy atom. The van der Waals surface area contributed by atoms with Gasteiger partial charge in [0.2, 0.25) is 0 Å². The van der Waals surface area contributed by atoms with Crippen molar-refractivity contribution in [2.24, 2.45) is 5.41 Å². The van der Waals surface area contributed by atoms with E-state index in [4.69, 9.17) is 40.7 Å². The average Bonchev–Trinajstić information content (AvgIpc) is 3.61. The van der Waals surface area contributed by atoms with Crippen molar-refractivity contribution in [3.63, 3.8) is 0 Å². The molecule has 0 fully saturated rings. The van der Waals surface area contributed by atoms with Crippen LogP contribution in [0, 0.1) is 5.41 Å². The Bertz CT molecular complexity index is 1530. The summed E-state index contributed by atoms with van der Waals surface area (Å²) in [5.41, 5.74) is -0.0896. The van der Waals surface area contributed by atoms with Gasteiger partial charge in [-0.2, -0.15) is 0 Å². The predicted molar refractivity (Wildman–Crippen MR) is 157 cm³/mol. The summed E-state index contributed by atoms with van der Waals surface area (Å²) in [7, 11) is -6.06. The molecule has 12 heteroatoms. The van der Waals surface area contributed by atoms with E-state index >= 15 is 0 Å². The molecule has 9 nitrogen and oxygen atoms in total. The predicted octanol–water partition coefficient (Wildman–Crippen LogP) is 9.27. The second-order valence-electron chi connectivity index (χ2n) is 10.2. The third-order valence-corrected chi connectivity index (χ3v) is 10.9. The van der Waals surface area contributed by atoms with E-state index in [0.29, 0.717) is 59.9 Å². The van der Waals surface area contributed by atoms with Crippen molar-refractivity contribution in [3.8, 4) is 46.0 Å². The first-order valence-electron chi connectivity index (χ1n) is 12.8. The molecule has 4 aromatic carbocycles. The molecule has 1 spiro atoms. The van der Waals surface area contributed by atoms with E-state index in [9.17, 15) is 0 Å². The minimum atomic E-state index is -4.72. The zero-order valence-electron chi connectivity index (χ0n) is 22.3. The van der Waals surface area contributed by atoms with Gasteiger partial charge in [-0.3, -0.25) is 0 Å². The SMILES string of the molecule is CC(C)(C)C(OP12(Oc3ccccc3O1)Oc1ccccc1O2)=POc1ccccc1OP1Oc2ccccc2O1. The van der Waals surface area contributed by atoms with E-state index < -0.39 is 21.8 Å². The molecule has 0 saturated carbocycles. The molecular formula is C29H25O9P3. The third kappa shape index (κ3) is 4.90. The number of benzene rings is 4. The standard InChI is InChI=1S/C29H25O9P3/c1-29(2,3)28(39-30-20-12-4-5-13-21(20)31-40-32-22-14-6-7-15-23(22)33-40)38-41(34-24-16-8-9-17-25(24)35-41)36-26-18-10-11-19-27(26)37-41/h4-19H,1-3H3. The summed E-state index contributed by atoms with van der Waals surface area (Å²) in [5.74, 6) is 4.03. The number of para-hydroxylation sites is 8. The molecule has 3 heterocycles. The van der Waals surface area contributed by atoms with Gasteiger partial charge in [-0.15, -0.1) is 0 Å². The molecule has 4 aromatic rings. The van der Waals surface area contributed by atoms with Crippen LogP contribution in [0.5, 0.6) is 46.0 Å². The first kappa shape index (κ1) is 26.2. The van der Waals surface area contributed by atoms with Crippen LogP contribution in [0.1, 0.15) is 20.8 Å². The van der Waals surface area contributed by atoms with Crippen molar-refractivity contribution in [1.29, 1.82) is 0 Å². The van der Waals surface area contributed by atoms with E-state index in [1.807, 2.05) is 81.4 Å². The Hall–Kier alpha value is -3.73. The fraction of sp³-hybridized carbons (Fsp3) is 0.138. The van der Waals surface area contributed by atoms with Crippen LogP contribution in [0.4, 0.5) is 0 Å². The Labute approximate surface area is 240 Å². The third-order valence-electron chi connectivity index (χ3n) is 6.01. The van der Waals surface area contributed by atoms with Crippen LogP contribution >= 0.6 is 24.8 Å². The minimum absolute atomic E-state index is 0.346. The van der Waals surface area contributed by atoms with Crippen molar-refractivity contribution in [2.45, 2.75) is 20.8 Å². The topological polar surface area (TPSA) is 83.1 Å². The van der Waals surface area contributed by atoms with Crippen molar-refractivity contribution >= 4 is 30.3 Å². The molecule has 0 radical (unpaired) electrons. The van der Waals surface area contributed by atoms with Crippen LogP contribution in [0.15, 0.2) is 97.1 Å². The summed E-state index contributed by atoms with van der Waals surface area (Å²) in [4.78, 5) is 0. The van der Waals surface area contributed by atoms with E-state index in [0.717, 1.165) is 0 Å². The summed E-state index contributed by atoms with van der Waals surface area (Å²) in [6, 6.07) is 29.2. The number of hydrogen-bond acceptors (Lipinski definition) is 9. The summed E-state index contributed by atoms with van der Waals surface area (Å²) in [6.07, 6.45) is 0. The zero-order chi connectivity index (χ0) is 28.1. The average molecular weight is 610 g/mol. The van der Waals surface area contributed by atoms with E-state index in [2.05, 4.69) is 0 Å². The van der Waals surface area contributed by atoms with Crippen molar-refractivity contribution in [1.82, 2.24) is 0 Å². The molecule has 0 N–H and O–H groups in total. The molecule has 0 aliphatic carbocycles. The van der Waals surface area contributed by atoms with Crippen molar-refractivity contribution in [2.75, 3.05) is 0 Å². The van der Waals surface area contributed by atoms with Crippen molar-refractivity contribution < 1.29 is 40.7 Å². The quantitative estimate of drug-likeness (QED) is 0.198. The molecule has 0 bridgehead atoms. The van der Waals surface area contributed by atoms with Crippen LogP contribution in [-0.2, 0) is 4.52 Å². The van der Waals surface area contributed by atoms with Crippen LogP contribution in [0.25, 0.3) is 0 Å². The van der Waals surface area contributed by atoms with Gasteiger partial charge in [0.25, 0.3) is 0 Å². The monoisotopic (exact) mass is 610 g/mol. The normalized spacial score (nSPS) is 18.5. The summed E-state index contributed by atoms with van der Waals surface area (Å²) >= 11 is 0. The van der Waals surface area contributed by atoms with Gasteiger partial charge in [0.15, 0.2) is 0 Å². The van der Waals surface area contributed by atoms with Crippen LogP contribution in [0.3, 0.4) is 0 Å². The Kier molecular flexibility index (Phi) is 6.18. The van der Waals surface area contributed by atoms with E-state index in [1.165, 1.54) is 0 Å². The number of rotatable bonds is 6. The molecular weight excluding hydrogens is 585 g/mol. The fourth-order valence-electron chi connectivity index (χ4n) is 4.05. The van der Waals surface area contributed by atoms with Crippen LogP contribution < -0.4 is 36.2 Å². The van der Waals surface area contributed by atoms with Gasteiger partial charge in [0.05, 0.1) is 0 Å². The molecule has 3 aliphatic rings. The van der Waals surface area contributed by atoms with Gasteiger partial charge in [0, 0.05) is 0 Å². The first-order valence-corrected chi connectivity index (χ1v) is 16.5. The second-order valence-corrected chi connectivity index (χ2v) is 14.4. The molecule has 0 amide bonds. The summed E-state index contributed by atoms with van der Waals surface area (Å²) < 4.78 is 56.0. The summed E-state index contributed by atoms with van der Waals surface area (Å²) in [5, 5.41) is 0. The molecule has 0 aromatic heterocycles. The van der Waals surface area contributed by atoms with Gasteiger partial charge in [0.1, 0.15) is 0 Å². The fourth-order valence-corrected chi connectivity index (χ4v) is 9.05. The van der Waals surface area contributed by atoms with E-state index in [-0.39, 0.29) is 0 Å². The Balaban J connectivity index is 1.19. The number of fused-ring (bicyclic) bond motifs is 3. The molecule has 0 saturated heterocycles. The molecule has 3 aliphatic heterocycles. The van der Waals surface area contributed by atoms with Gasteiger partial charge >= 0.3 is 240 Å². The Morgan fingerprint density at radius 2 is 1.02 bits per heavy atom. The Morgan fingerprint density at radius 3 is 1.49 bits per heavy atom. The zero-order valence-corrected chi connectivity index (χ0v) is 24.9. The number of hydrogen-bond donors (Lipinski definition) is 0. The molecule has 7 rings (SSSR count). The maximum atomic E-state index is 6.65. The van der Waals surface area contributed by atoms with Crippen molar-refractivity contribution in [3.05, 3.63) is 97.1 Å². The second kappa shape index (κ2) is 9.68. The molecule has 41 heavy (non-hydrogen) atoms. The van der Waals surface area contributed by atoms with Crippen LogP contribution in [-0.4, -0.2) is 5.48 Å².